The Morgan fingerprint density at radius 2 is 2.38 bits per heavy atom. The van der Waals surface area contributed by atoms with Crippen LogP contribution in [-0.2, 0) is 4.79 Å². The van der Waals surface area contributed by atoms with Crippen LogP contribution in [0.2, 0.25) is 0 Å². The standard InChI is InChI=1S/C7H11O/c1-7(2)5-3-4-6-8/h1,3-5H2,2H3. The van der Waals surface area contributed by atoms with Gasteiger partial charge in [0.25, 0.3) is 0 Å². The van der Waals surface area contributed by atoms with Gasteiger partial charge in [-0.1, -0.05) is 5.57 Å². The number of carbonyl (C=O) groups excluding carboxylic acids is 1. The SMILES string of the molecule is C=C(C)CCC[C]=O. The van der Waals surface area contributed by atoms with E-state index in [0.717, 1.165) is 18.4 Å². The zero-order chi connectivity index (χ0) is 6.41. The van der Waals surface area contributed by atoms with Crippen LogP contribution in [0.25, 0.3) is 0 Å². The number of hydrogen-bond donors (Lipinski definition) is 0. The first-order valence-electron chi connectivity index (χ1n) is 2.76. The lowest BCUT2D eigenvalue weighted by Crippen LogP contribution is -1.76. The molecule has 0 aromatic heterocycles. The predicted octanol–water partition coefficient (Wildman–Crippen LogP) is 1.84. The third-order valence-electron chi connectivity index (χ3n) is 0.882. The number of rotatable bonds is 4. The van der Waals surface area contributed by atoms with Crippen molar-refractivity contribution in [2.75, 3.05) is 0 Å². The van der Waals surface area contributed by atoms with E-state index in [-0.39, 0.29) is 0 Å². The minimum Gasteiger partial charge on any atom is -0.291 e. The number of hydrogen-bond acceptors (Lipinski definition) is 1. The Morgan fingerprint density at radius 3 is 2.75 bits per heavy atom. The minimum absolute atomic E-state index is 0.548. The summed E-state index contributed by atoms with van der Waals surface area (Å²) in [6, 6.07) is 0. The van der Waals surface area contributed by atoms with Crippen LogP contribution in [0, 0.1) is 0 Å². The second-order valence-electron chi connectivity index (χ2n) is 1.95. The highest BCUT2D eigenvalue weighted by Gasteiger charge is 1.85. The molecule has 0 aliphatic carbocycles. The molecule has 0 aromatic carbocycles. The Labute approximate surface area is 50.4 Å². The third-order valence-corrected chi connectivity index (χ3v) is 0.882. The number of unbranched alkanes of at least 4 members (excludes halogenated alkanes) is 1. The molecule has 0 aliphatic heterocycles. The lowest BCUT2D eigenvalue weighted by atomic mass is 10.1. The summed E-state index contributed by atoms with van der Waals surface area (Å²) in [6.07, 6.45) is 4.24. The van der Waals surface area contributed by atoms with Crippen LogP contribution in [0.1, 0.15) is 26.2 Å². The molecule has 0 unspecified atom stereocenters. The van der Waals surface area contributed by atoms with Crippen molar-refractivity contribution in [3.63, 3.8) is 0 Å². The van der Waals surface area contributed by atoms with Gasteiger partial charge in [-0.2, -0.15) is 0 Å². The van der Waals surface area contributed by atoms with E-state index in [2.05, 4.69) is 6.58 Å². The molecule has 0 atom stereocenters. The molecule has 0 spiro atoms. The largest absolute Gasteiger partial charge is 0.291 e. The zero-order valence-electron chi connectivity index (χ0n) is 5.24. The first-order valence-corrected chi connectivity index (χ1v) is 2.76. The number of allylic oxidation sites excluding steroid dienone is 1. The molecule has 0 amide bonds. The molecule has 0 bridgehead atoms. The average molecular weight is 111 g/mol. The van der Waals surface area contributed by atoms with E-state index in [1.807, 2.05) is 13.2 Å². The van der Waals surface area contributed by atoms with Gasteiger partial charge in [-0.15, -0.1) is 6.58 Å². The van der Waals surface area contributed by atoms with Crippen molar-refractivity contribution in [1.29, 1.82) is 0 Å². The molecule has 0 aromatic rings. The maximum absolute atomic E-state index is 9.63. The summed E-state index contributed by atoms with van der Waals surface area (Å²) in [5, 5.41) is 0. The van der Waals surface area contributed by atoms with Gasteiger partial charge in [-0.05, 0) is 19.8 Å². The second-order valence-corrected chi connectivity index (χ2v) is 1.95. The maximum Gasteiger partial charge on any atom is 0.198 e. The smallest absolute Gasteiger partial charge is 0.198 e. The lowest BCUT2D eigenvalue weighted by Gasteiger charge is -1.90. The third kappa shape index (κ3) is 5.41. The summed E-state index contributed by atoms with van der Waals surface area (Å²) in [5.41, 5.74) is 1.14. The molecule has 1 nitrogen and oxygen atoms in total. The fraction of sp³-hybridized carbons (Fsp3) is 0.571. The van der Waals surface area contributed by atoms with Gasteiger partial charge in [0, 0.05) is 6.42 Å². The van der Waals surface area contributed by atoms with Gasteiger partial charge < -0.3 is 0 Å². The van der Waals surface area contributed by atoms with E-state index in [0.29, 0.717) is 6.42 Å². The first-order chi connectivity index (χ1) is 3.77. The molecular weight excluding hydrogens is 100 g/mol. The van der Waals surface area contributed by atoms with Crippen molar-refractivity contribution in [2.45, 2.75) is 26.2 Å². The Bertz CT molecular complexity index is 84.4. The molecule has 0 N–H and O–H groups in total. The molecule has 0 saturated carbocycles. The average Bonchev–Trinajstić information content (AvgIpc) is 1.66. The Balaban J connectivity index is 2.93. The van der Waals surface area contributed by atoms with E-state index in [1.165, 1.54) is 0 Å². The zero-order valence-corrected chi connectivity index (χ0v) is 5.24. The van der Waals surface area contributed by atoms with Crippen LogP contribution in [0.5, 0.6) is 0 Å². The summed E-state index contributed by atoms with van der Waals surface area (Å²) in [6.45, 7) is 5.66. The van der Waals surface area contributed by atoms with Gasteiger partial charge in [0.05, 0.1) is 0 Å². The van der Waals surface area contributed by atoms with E-state index in [4.69, 9.17) is 0 Å². The fourth-order valence-corrected chi connectivity index (χ4v) is 0.462. The molecule has 0 fully saturated rings. The van der Waals surface area contributed by atoms with Gasteiger partial charge in [0.2, 0.25) is 0 Å². The van der Waals surface area contributed by atoms with Gasteiger partial charge in [0.15, 0.2) is 6.29 Å². The van der Waals surface area contributed by atoms with Crippen molar-refractivity contribution in [3.05, 3.63) is 12.2 Å². The summed E-state index contributed by atoms with van der Waals surface area (Å²) in [4.78, 5) is 9.63. The van der Waals surface area contributed by atoms with Crippen molar-refractivity contribution in [1.82, 2.24) is 0 Å². The highest BCUT2D eigenvalue weighted by molar-refractivity contribution is 5.50. The predicted molar refractivity (Wildman–Crippen MR) is 34.4 cm³/mol. The minimum atomic E-state index is 0.548. The van der Waals surface area contributed by atoms with Crippen LogP contribution in [0.4, 0.5) is 0 Å². The van der Waals surface area contributed by atoms with Crippen LogP contribution in [0.3, 0.4) is 0 Å². The molecular formula is C7H11O. The fourth-order valence-electron chi connectivity index (χ4n) is 0.462. The second kappa shape index (κ2) is 4.57. The molecule has 45 valence electrons. The quantitative estimate of drug-likeness (QED) is 0.399. The topological polar surface area (TPSA) is 17.1 Å². The van der Waals surface area contributed by atoms with E-state index in [1.54, 1.807) is 0 Å². The van der Waals surface area contributed by atoms with E-state index < -0.39 is 0 Å². The maximum atomic E-state index is 9.63. The van der Waals surface area contributed by atoms with Gasteiger partial charge in [-0.3, -0.25) is 4.79 Å². The van der Waals surface area contributed by atoms with Gasteiger partial charge >= 0.3 is 0 Å². The monoisotopic (exact) mass is 111 g/mol. The summed E-state index contributed by atoms with van der Waals surface area (Å²) >= 11 is 0. The Hall–Kier alpha value is -0.590. The van der Waals surface area contributed by atoms with E-state index in [9.17, 15) is 4.79 Å². The molecule has 8 heavy (non-hydrogen) atoms. The van der Waals surface area contributed by atoms with Gasteiger partial charge in [-0.25, -0.2) is 0 Å². The van der Waals surface area contributed by atoms with Crippen molar-refractivity contribution in [2.24, 2.45) is 0 Å². The molecule has 1 radical (unpaired) electrons. The van der Waals surface area contributed by atoms with Crippen molar-refractivity contribution < 1.29 is 4.79 Å². The highest BCUT2D eigenvalue weighted by Crippen LogP contribution is 2.00. The molecule has 0 saturated heterocycles. The summed E-state index contributed by atoms with van der Waals surface area (Å²) in [7, 11) is 0. The van der Waals surface area contributed by atoms with Crippen LogP contribution in [-0.4, -0.2) is 6.29 Å². The Morgan fingerprint density at radius 1 is 1.75 bits per heavy atom. The normalized spacial score (nSPS) is 8.62. The summed E-state index contributed by atoms with van der Waals surface area (Å²) < 4.78 is 0. The van der Waals surface area contributed by atoms with Crippen LogP contribution >= 0.6 is 0 Å². The van der Waals surface area contributed by atoms with Gasteiger partial charge in [0.1, 0.15) is 0 Å². The van der Waals surface area contributed by atoms with Crippen molar-refractivity contribution in [3.8, 4) is 0 Å². The summed E-state index contributed by atoms with van der Waals surface area (Å²) in [5.74, 6) is 0. The van der Waals surface area contributed by atoms with Crippen LogP contribution < -0.4 is 0 Å². The first kappa shape index (κ1) is 7.41. The Kier molecular flexibility index (Phi) is 4.23. The lowest BCUT2D eigenvalue weighted by molar-refractivity contribution is 0.548. The van der Waals surface area contributed by atoms with Crippen molar-refractivity contribution >= 4 is 6.29 Å². The molecule has 0 aliphatic rings. The molecule has 0 heterocycles. The molecule has 0 rings (SSSR count). The highest BCUT2D eigenvalue weighted by atomic mass is 16.1. The van der Waals surface area contributed by atoms with E-state index >= 15 is 0 Å². The molecule has 1 heteroatoms. The van der Waals surface area contributed by atoms with Crippen LogP contribution in [0.15, 0.2) is 12.2 Å².